The molecule has 0 saturated heterocycles. The molecule has 0 bridgehead atoms. The van der Waals surface area contributed by atoms with Gasteiger partial charge < -0.3 is 5.32 Å². The first-order chi connectivity index (χ1) is 11.0. The van der Waals surface area contributed by atoms with Gasteiger partial charge in [0.15, 0.2) is 0 Å². The van der Waals surface area contributed by atoms with Gasteiger partial charge in [-0.05, 0) is 42.7 Å². The van der Waals surface area contributed by atoms with E-state index in [1.807, 2.05) is 63.2 Å². The number of aryl methyl sites for hydroxylation is 1. The summed E-state index contributed by atoms with van der Waals surface area (Å²) in [5, 5.41) is 12.0. The van der Waals surface area contributed by atoms with Crippen molar-refractivity contribution >= 4 is 22.6 Å². The normalized spacial score (nSPS) is 11.1. The van der Waals surface area contributed by atoms with Gasteiger partial charge in [-0.3, -0.25) is 4.79 Å². The summed E-state index contributed by atoms with van der Waals surface area (Å²) in [6.07, 6.45) is 0.508. The van der Waals surface area contributed by atoms with Crippen molar-refractivity contribution in [2.75, 3.05) is 5.32 Å². The SMILES string of the molecule is Cc1cc2nn(-c3ccccc3)nc2cc1NC(=O)CC(C)C. The second-order valence-electron chi connectivity index (χ2n) is 6.13. The zero-order valence-corrected chi connectivity index (χ0v) is 13.6. The fraction of sp³-hybridized carbons (Fsp3) is 0.278. The molecule has 23 heavy (non-hydrogen) atoms. The van der Waals surface area contributed by atoms with Crippen molar-refractivity contribution < 1.29 is 4.79 Å². The number of carbonyl (C=O) groups excluding carboxylic acids is 1. The van der Waals surface area contributed by atoms with Crippen LogP contribution >= 0.6 is 0 Å². The minimum Gasteiger partial charge on any atom is -0.326 e. The summed E-state index contributed by atoms with van der Waals surface area (Å²) in [5.41, 5.74) is 4.26. The number of nitrogens with zero attached hydrogens (tertiary/aromatic N) is 3. The van der Waals surface area contributed by atoms with E-state index in [1.165, 1.54) is 0 Å². The van der Waals surface area contributed by atoms with Crippen molar-refractivity contribution in [2.24, 2.45) is 5.92 Å². The van der Waals surface area contributed by atoms with Crippen LogP contribution < -0.4 is 5.32 Å². The second kappa shape index (κ2) is 6.20. The number of hydrogen-bond acceptors (Lipinski definition) is 3. The minimum atomic E-state index is 0.0258. The largest absolute Gasteiger partial charge is 0.326 e. The standard InChI is InChI=1S/C18H20N4O/c1-12(2)9-18(23)19-15-11-17-16(10-13(15)3)20-22(21-17)14-7-5-4-6-8-14/h4-8,10-12H,9H2,1-3H3,(H,19,23). The number of benzene rings is 2. The van der Waals surface area contributed by atoms with Crippen LogP contribution in [-0.2, 0) is 4.79 Å². The van der Waals surface area contributed by atoms with Gasteiger partial charge in [0.1, 0.15) is 11.0 Å². The molecule has 2 aromatic carbocycles. The van der Waals surface area contributed by atoms with Gasteiger partial charge >= 0.3 is 0 Å². The molecule has 0 atom stereocenters. The number of para-hydroxylation sites is 1. The van der Waals surface area contributed by atoms with E-state index in [2.05, 4.69) is 15.5 Å². The molecule has 0 radical (unpaired) electrons. The Hall–Kier alpha value is -2.69. The molecule has 3 rings (SSSR count). The van der Waals surface area contributed by atoms with Gasteiger partial charge in [0, 0.05) is 12.1 Å². The maximum atomic E-state index is 12.0. The fourth-order valence-electron chi connectivity index (χ4n) is 2.45. The van der Waals surface area contributed by atoms with Crippen LogP contribution in [0.4, 0.5) is 5.69 Å². The molecule has 5 nitrogen and oxygen atoms in total. The molecule has 0 aliphatic heterocycles. The number of rotatable bonds is 4. The van der Waals surface area contributed by atoms with Gasteiger partial charge in [-0.1, -0.05) is 32.0 Å². The molecule has 0 spiro atoms. The van der Waals surface area contributed by atoms with Crippen molar-refractivity contribution in [1.29, 1.82) is 0 Å². The predicted octanol–water partition coefficient (Wildman–Crippen LogP) is 3.71. The molecule has 1 aromatic heterocycles. The van der Waals surface area contributed by atoms with Crippen LogP contribution in [0.5, 0.6) is 0 Å². The van der Waals surface area contributed by atoms with E-state index in [-0.39, 0.29) is 5.91 Å². The molecular weight excluding hydrogens is 288 g/mol. The van der Waals surface area contributed by atoms with Gasteiger partial charge in [-0.15, -0.1) is 10.2 Å². The molecule has 5 heteroatoms. The molecule has 1 heterocycles. The highest BCUT2D eigenvalue weighted by atomic mass is 16.1. The van der Waals surface area contributed by atoms with Crippen LogP contribution in [-0.4, -0.2) is 20.9 Å². The molecule has 0 saturated carbocycles. The number of hydrogen-bond donors (Lipinski definition) is 1. The highest BCUT2D eigenvalue weighted by molar-refractivity contribution is 5.94. The molecule has 3 aromatic rings. The Labute approximate surface area is 135 Å². The molecule has 118 valence electrons. The van der Waals surface area contributed by atoms with Gasteiger partial charge in [0.05, 0.1) is 5.69 Å². The van der Waals surface area contributed by atoms with E-state index in [9.17, 15) is 4.79 Å². The zero-order chi connectivity index (χ0) is 16.4. The summed E-state index contributed by atoms with van der Waals surface area (Å²) in [6.45, 7) is 6.02. The first kappa shape index (κ1) is 15.2. The van der Waals surface area contributed by atoms with Crippen LogP contribution in [0.1, 0.15) is 25.8 Å². The maximum absolute atomic E-state index is 12.0. The van der Waals surface area contributed by atoms with E-state index in [0.29, 0.717) is 12.3 Å². The topological polar surface area (TPSA) is 59.8 Å². The van der Waals surface area contributed by atoms with E-state index < -0.39 is 0 Å². The quantitative estimate of drug-likeness (QED) is 0.799. The van der Waals surface area contributed by atoms with Crippen molar-refractivity contribution in [3.63, 3.8) is 0 Å². The van der Waals surface area contributed by atoms with Gasteiger partial charge in [0.25, 0.3) is 0 Å². The fourth-order valence-corrected chi connectivity index (χ4v) is 2.45. The Morgan fingerprint density at radius 2 is 1.78 bits per heavy atom. The zero-order valence-electron chi connectivity index (χ0n) is 13.6. The lowest BCUT2D eigenvalue weighted by Crippen LogP contribution is -2.14. The average Bonchev–Trinajstić information content (AvgIpc) is 2.90. The van der Waals surface area contributed by atoms with Crippen LogP contribution in [0.2, 0.25) is 0 Å². The molecular formula is C18H20N4O. The summed E-state index contributed by atoms with van der Waals surface area (Å²) in [4.78, 5) is 13.6. The van der Waals surface area contributed by atoms with Crippen molar-refractivity contribution in [3.8, 4) is 5.69 Å². The highest BCUT2D eigenvalue weighted by Gasteiger charge is 2.11. The summed E-state index contributed by atoms with van der Waals surface area (Å²) in [5.74, 6) is 0.357. The third-order valence-electron chi connectivity index (χ3n) is 3.58. The Morgan fingerprint density at radius 1 is 1.13 bits per heavy atom. The van der Waals surface area contributed by atoms with Crippen molar-refractivity contribution in [2.45, 2.75) is 27.2 Å². The first-order valence-corrected chi connectivity index (χ1v) is 7.76. The summed E-state index contributed by atoms with van der Waals surface area (Å²) in [7, 11) is 0. The van der Waals surface area contributed by atoms with Crippen LogP contribution in [0, 0.1) is 12.8 Å². The Bertz CT molecular complexity index is 837. The van der Waals surface area contributed by atoms with E-state index in [0.717, 1.165) is 28.0 Å². The lowest BCUT2D eigenvalue weighted by Gasteiger charge is -2.09. The monoisotopic (exact) mass is 308 g/mol. The number of carbonyl (C=O) groups is 1. The molecule has 1 N–H and O–H groups in total. The lowest BCUT2D eigenvalue weighted by molar-refractivity contribution is -0.116. The molecule has 0 unspecified atom stereocenters. The number of amides is 1. The second-order valence-corrected chi connectivity index (χ2v) is 6.13. The Balaban J connectivity index is 1.93. The Kier molecular flexibility index (Phi) is 4.10. The maximum Gasteiger partial charge on any atom is 0.224 e. The minimum absolute atomic E-state index is 0.0258. The number of anilines is 1. The molecule has 0 aliphatic rings. The average molecular weight is 308 g/mol. The number of nitrogens with one attached hydrogen (secondary N) is 1. The summed E-state index contributed by atoms with van der Waals surface area (Å²) in [6, 6.07) is 13.6. The van der Waals surface area contributed by atoms with Crippen LogP contribution in [0.3, 0.4) is 0 Å². The summed E-state index contributed by atoms with van der Waals surface area (Å²) >= 11 is 0. The summed E-state index contributed by atoms with van der Waals surface area (Å²) < 4.78 is 0. The third-order valence-corrected chi connectivity index (χ3v) is 3.58. The number of aromatic nitrogens is 3. The first-order valence-electron chi connectivity index (χ1n) is 7.76. The molecule has 0 aliphatic carbocycles. The van der Waals surface area contributed by atoms with Gasteiger partial charge in [-0.25, -0.2) is 0 Å². The third kappa shape index (κ3) is 3.39. The number of fused-ring (bicyclic) bond motifs is 1. The Morgan fingerprint density at radius 3 is 2.43 bits per heavy atom. The highest BCUT2D eigenvalue weighted by Crippen LogP contribution is 2.22. The predicted molar refractivity (Wildman–Crippen MR) is 91.7 cm³/mol. The van der Waals surface area contributed by atoms with Crippen molar-refractivity contribution in [3.05, 3.63) is 48.0 Å². The molecule has 1 amide bonds. The van der Waals surface area contributed by atoms with Crippen LogP contribution in [0.15, 0.2) is 42.5 Å². The van der Waals surface area contributed by atoms with E-state index in [4.69, 9.17) is 0 Å². The van der Waals surface area contributed by atoms with Gasteiger partial charge in [0.2, 0.25) is 5.91 Å². The van der Waals surface area contributed by atoms with Gasteiger partial charge in [-0.2, -0.15) is 4.80 Å². The smallest absolute Gasteiger partial charge is 0.224 e. The molecule has 0 fully saturated rings. The van der Waals surface area contributed by atoms with Crippen molar-refractivity contribution in [1.82, 2.24) is 15.0 Å². The van der Waals surface area contributed by atoms with E-state index >= 15 is 0 Å². The lowest BCUT2D eigenvalue weighted by atomic mass is 10.1. The van der Waals surface area contributed by atoms with E-state index in [1.54, 1.807) is 4.80 Å². The van der Waals surface area contributed by atoms with Crippen LogP contribution in [0.25, 0.3) is 16.7 Å².